The van der Waals surface area contributed by atoms with Gasteiger partial charge in [0.2, 0.25) is 0 Å². The minimum absolute atomic E-state index is 0.221. The number of pyridine rings is 1. The average Bonchev–Trinajstić information content (AvgIpc) is 3.25. The van der Waals surface area contributed by atoms with Gasteiger partial charge in [-0.1, -0.05) is 18.2 Å². The number of benzene rings is 2. The van der Waals surface area contributed by atoms with Crippen molar-refractivity contribution in [2.45, 2.75) is 32.0 Å². The highest BCUT2D eigenvalue weighted by molar-refractivity contribution is 7.21. The number of amides is 3. The molecule has 0 saturated carbocycles. The molecule has 0 unspecified atom stereocenters. The van der Waals surface area contributed by atoms with E-state index in [0.717, 1.165) is 11.3 Å². The van der Waals surface area contributed by atoms with Crippen molar-refractivity contribution in [3.05, 3.63) is 71.2 Å². The maximum Gasteiger partial charge on any atom is 0.331 e. The van der Waals surface area contributed by atoms with E-state index in [2.05, 4.69) is 20.9 Å². The van der Waals surface area contributed by atoms with Crippen molar-refractivity contribution in [3.8, 4) is 11.5 Å². The molecule has 10 heteroatoms. The Balaban J connectivity index is 1.34. The minimum atomic E-state index is -1.04. The highest BCUT2D eigenvalue weighted by Crippen LogP contribution is 2.46. The van der Waals surface area contributed by atoms with Gasteiger partial charge in [0.15, 0.2) is 0 Å². The molecule has 2 atom stereocenters. The number of aryl methyl sites for hydroxylation is 1. The normalized spacial score (nSPS) is 20.8. The Hall–Kier alpha value is -4.02. The lowest BCUT2D eigenvalue weighted by Gasteiger charge is -2.36. The number of hydrogen-bond acceptors (Lipinski definition) is 6. The second kappa shape index (κ2) is 9.38. The molecular formula is C28H26FN5O3S. The number of piperidine rings is 1. The van der Waals surface area contributed by atoms with Crippen LogP contribution in [0.2, 0.25) is 0 Å². The molecule has 0 aliphatic carbocycles. The molecule has 2 aliphatic heterocycles. The van der Waals surface area contributed by atoms with Crippen LogP contribution in [0.1, 0.15) is 28.6 Å². The standard InChI is InChI=1S/C28H26FN5O3S/c1-16-12-19(37-18-6-4-3-5-7-18)8-9-20(16)34-21-10-11-31-26-22(21)23(32-27(34)36)24(38-26)25(35)33-28(2)13-17(29)14-30-15-28/h3-12,17,30H,13-15H2,1-2H3,(H,32,36)(H,33,35)/t17-,28+/m0/s1. The molecular weight excluding hydrogens is 505 g/mol. The molecule has 3 N–H and O–H groups in total. The number of carbonyl (C=O) groups is 2. The summed E-state index contributed by atoms with van der Waals surface area (Å²) in [5.74, 6) is 1.02. The summed E-state index contributed by atoms with van der Waals surface area (Å²) in [4.78, 5) is 33.9. The zero-order valence-electron chi connectivity index (χ0n) is 20.9. The van der Waals surface area contributed by atoms with E-state index in [-0.39, 0.29) is 24.9 Å². The maximum atomic E-state index is 14.0. The fourth-order valence-corrected chi connectivity index (χ4v) is 6.13. The number of aromatic nitrogens is 1. The third-order valence-corrected chi connectivity index (χ3v) is 7.91. The fourth-order valence-electron chi connectivity index (χ4n) is 5.11. The van der Waals surface area contributed by atoms with Crippen LogP contribution < -0.4 is 25.6 Å². The molecule has 0 bridgehead atoms. The number of halogens is 1. The monoisotopic (exact) mass is 531 g/mol. The van der Waals surface area contributed by atoms with Gasteiger partial charge in [-0.05, 0) is 55.8 Å². The number of hydrogen-bond donors (Lipinski definition) is 3. The summed E-state index contributed by atoms with van der Waals surface area (Å²) in [6, 6.07) is 16.4. The molecule has 194 valence electrons. The summed E-state index contributed by atoms with van der Waals surface area (Å²) in [7, 11) is 0. The van der Waals surface area contributed by atoms with Crippen LogP contribution in [0, 0.1) is 6.92 Å². The largest absolute Gasteiger partial charge is 0.457 e. The Bertz CT molecular complexity index is 1560. The first-order valence-electron chi connectivity index (χ1n) is 12.3. The van der Waals surface area contributed by atoms with Gasteiger partial charge < -0.3 is 20.7 Å². The number of rotatable bonds is 5. The van der Waals surface area contributed by atoms with Crippen LogP contribution in [0.4, 0.5) is 26.2 Å². The topological polar surface area (TPSA) is 95.6 Å². The van der Waals surface area contributed by atoms with Gasteiger partial charge in [0.1, 0.15) is 27.4 Å². The van der Waals surface area contributed by atoms with E-state index in [1.807, 2.05) is 62.4 Å². The molecule has 2 aromatic heterocycles. The Morgan fingerprint density at radius 1 is 1.18 bits per heavy atom. The number of alkyl halides is 1. The summed E-state index contributed by atoms with van der Waals surface area (Å²) in [5, 5.41) is 9.62. The van der Waals surface area contributed by atoms with Gasteiger partial charge in [-0.25, -0.2) is 14.2 Å². The van der Waals surface area contributed by atoms with Gasteiger partial charge in [-0.3, -0.25) is 9.69 Å². The number of ether oxygens (including phenoxy) is 1. The first-order chi connectivity index (χ1) is 18.3. The first kappa shape index (κ1) is 24.3. The second-order valence-electron chi connectivity index (χ2n) is 9.89. The van der Waals surface area contributed by atoms with Crippen LogP contribution in [0.3, 0.4) is 0 Å². The quantitative estimate of drug-likeness (QED) is 0.298. The number of nitrogens with zero attached hydrogens (tertiary/aromatic N) is 2. The first-order valence-corrected chi connectivity index (χ1v) is 13.2. The fraction of sp³-hybridized carbons (Fsp3) is 0.250. The van der Waals surface area contributed by atoms with E-state index in [0.29, 0.717) is 44.5 Å². The van der Waals surface area contributed by atoms with Crippen molar-refractivity contribution >= 4 is 50.6 Å². The summed E-state index contributed by atoms with van der Waals surface area (Å²) < 4.78 is 20.0. The number of carbonyl (C=O) groups excluding carboxylic acids is 2. The number of urea groups is 1. The van der Waals surface area contributed by atoms with Crippen LogP contribution in [-0.2, 0) is 0 Å². The lowest BCUT2D eigenvalue weighted by atomic mass is 9.91. The molecule has 2 aromatic carbocycles. The molecule has 1 saturated heterocycles. The van der Waals surface area contributed by atoms with Crippen molar-refractivity contribution in [1.29, 1.82) is 0 Å². The van der Waals surface area contributed by atoms with Crippen LogP contribution in [0.15, 0.2) is 60.8 Å². The van der Waals surface area contributed by atoms with E-state index in [1.165, 1.54) is 11.3 Å². The van der Waals surface area contributed by atoms with Crippen molar-refractivity contribution in [2.24, 2.45) is 0 Å². The molecule has 6 rings (SSSR count). The predicted octanol–water partition coefficient (Wildman–Crippen LogP) is 5.90. The van der Waals surface area contributed by atoms with Gasteiger partial charge in [0.25, 0.3) is 5.91 Å². The molecule has 1 fully saturated rings. The Morgan fingerprint density at radius 3 is 2.76 bits per heavy atom. The molecule has 2 aliphatic rings. The van der Waals surface area contributed by atoms with Crippen molar-refractivity contribution in [1.82, 2.24) is 15.6 Å². The smallest absolute Gasteiger partial charge is 0.331 e. The molecule has 4 aromatic rings. The number of thiophene rings is 1. The number of nitrogens with one attached hydrogen (secondary N) is 3. The predicted molar refractivity (Wildman–Crippen MR) is 147 cm³/mol. The lowest BCUT2D eigenvalue weighted by molar-refractivity contribution is 0.0862. The summed E-state index contributed by atoms with van der Waals surface area (Å²) >= 11 is 1.21. The molecule has 0 radical (unpaired) electrons. The van der Waals surface area contributed by atoms with Crippen LogP contribution in [0.5, 0.6) is 11.5 Å². The Labute approximate surface area is 222 Å². The second-order valence-corrected chi connectivity index (χ2v) is 10.9. The molecule has 3 amide bonds. The van der Waals surface area contributed by atoms with Crippen LogP contribution in [0.25, 0.3) is 10.2 Å². The van der Waals surface area contributed by atoms with Crippen LogP contribution in [-0.4, -0.2) is 41.7 Å². The summed E-state index contributed by atoms with van der Waals surface area (Å²) in [6.07, 6.45) is 0.816. The molecule has 0 spiro atoms. The van der Waals surface area contributed by atoms with Crippen molar-refractivity contribution < 1.29 is 18.7 Å². The Morgan fingerprint density at radius 2 is 2.00 bits per heavy atom. The average molecular weight is 532 g/mol. The van der Waals surface area contributed by atoms with E-state index in [4.69, 9.17) is 4.74 Å². The van der Waals surface area contributed by atoms with Gasteiger partial charge >= 0.3 is 6.03 Å². The van der Waals surface area contributed by atoms with Crippen molar-refractivity contribution in [2.75, 3.05) is 23.3 Å². The zero-order valence-corrected chi connectivity index (χ0v) is 21.7. The van der Waals surface area contributed by atoms with E-state index in [1.54, 1.807) is 17.2 Å². The minimum Gasteiger partial charge on any atom is -0.457 e. The van der Waals surface area contributed by atoms with Crippen molar-refractivity contribution in [3.63, 3.8) is 0 Å². The molecule has 38 heavy (non-hydrogen) atoms. The van der Waals surface area contributed by atoms with Gasteiger partial charge in [-0.2, -0.15) is 0 Å². The van der Waals surface area contributed by atoms with Crippen LogP contribution >= 0.6 is 11.3 Å². The summed E-state index contributed by atoms with van der Waals surface area (Å²) in [6.45, 7) is 4.47. The highest BCUT2D eigenvalue weighted by Gasteiger charge is 2.37. The van der Waals surface area contributed by atoms with E-state index in [9.17, 15) is 14.0 Å². The van der Waals surface area contributed by atoms with E-state index < -0.39 is 11.7 Å². The molecule has 4 heterocycles. The maximum absolute atomic E-state index is 14.0. The highest BCUT2D eigenvalue weighted by atomic mass is 32.1. The lowest BCUT2D eigenvalue weighted by Crippen LogP contribution is -2.58. The third kappa shape index (κ3) is 4.35. The molecule has 8 nitrogen and oxygen atoms in total. The third-order valence-electron chi connectivity index (χ3n) is 6.81. The van der Waals surface area contributed by atoms with Gasteiger partial charge in [0.05, 0.1) is 28.0 Å². The SMILES string of the molecule is Cc1cc(Oc2ccccc2)ccc1N1C(=O)Nc2c(C(=O)N[C@@]3(C)CNC[C@@H](F)C3)sc3nccc1c23. The van der Waals surface area contributed by atoms with Gasteiger partial charge in [0, 0.05) is 25.7 Å². The Kier molecular flexibility index (Phi) is 6.00. The zero-order chi connectivity index (χ0) is 26.4. The number of anilines is 3. The van der Waals surface area contributed by atoms with Gasteiger partial charge in [-0.15, -0.1) is 11.3 Å². The summed E-state index contributed by atoms with van der Waals surface area (Å²) in [5.41, 5.74) is 1.86. The van der Waals surface area contributed by atoms with E-state index >= 15 is 0 Å². The number of para-hydroxylation sites is 1.